The summed E-state index contributed by atoms with van der Waals surface area (Å²) < 4.78 is 7.02. The fraction of sp³-hybridized carbons (Fsp3) is 0.455. The van der Waals surface area contributed by atoms with Crippen LogP contribution in [0.1, 0.15) is 24.6 Å². The second-order valence-electron chi connectivity index (χ2n) is 3.78. The molecule has 1 unspecified atom stereocenters. The number of rotatable bonds is 5. The standard InChI is InChI=1S/C11H16N4O/c1-9(10-4-3-7-16-10)12-6-5-11-13-8-15(2)14-11/h3-4,7-9,12H,5-6H2,1-2H3. The molecule has 1 atom stereocenters. The second-order valence-corrected chi connectivity index (χ2v) is 3.78. The van der Waals surface area contributed by atoms with Crippen molar-refractivity contribution in [3.05, 3.63) is 36.3 Å². The summed E-state index contributed by atoms with van der Waals surface area (Å²) in [4.78, 5) is 4.16. The van der Waals surface area contributed by atoms with Gasteiger partial charge < -0.3 is 9.73 Å². The van der Waals surface area contributed by atoms with E-state index in [4.69, 9.17) is 4.42 Å². The summed E-state index contributed by atoms with van der Waals surface area (Å²) in [5, 5.41) is 7.57. The summed E-state index contributed by atoms with van der Waals surface area (Å²) in [7, 11) is 1.87. The normalized spacial score (nSPS) is 12.9. The van der Waals surface area contributed by atoms with Crippen molar-refractivity contribution in [3.63, 3.8) is 0 Å². The summed E-state index contributed by atoms with van der Waals surface area (Å²) in [6.45, 7) is 2.91. The fourth-order valence-electron chi connectivity index (χ4n) is 1.54. The van der Waals surface area contributed by atoms with E-state index in [0.29, 0.717) is 0 Å². The van der Waals surface area contributed by atoms with Gasteiger partial charge in [0.1, 0.15) is 12.1 Å². The Hall–Kier alpha value is -1.62. The van der Waals surface area contributed by atoms with Gasteiger partial charge in [-0.1, -0.05) is 0 Å². The zero-order chi connectivity index (χ0) is 11.4. The van der Waals surface area contributed by atoms with Crippen LogP contribution in [-0.4, -0.2) is 21.3 Å². The fourth-order valence-corrected chi connectivity index (χ4v) is 1.54. The lowest BCUT2D eigenvalue weighted by atomic mass is 10.2. The van der Waals surface area contributed by atoms with E-state index in [0.717, 1.165) is 24.6 Å². The summed E-state index contributed by atoms with van der Waals surface area (Å²) >= 11 is 0. The molecule has 0 aromatic carbocycles. The van der Waals surface area contributed by atoms with E-state index < -0.39 is 0 Å². The van der Waals surface area contributed by atoms with E-state index in [1.807, 2.05) is 19.2 Å². The first-order valence-electron chi connectivity index (χ1n) is 5.37. The molecule has 0 aliphatic rings. The van der Waals surface area contributed by atoms with Crippen LogP contribution < -0.4 is 5.32 Å². The predicted molar refractivity (Wildman–Crippen MR) is 59.8 cm³/mol. The molecule has 0 saturated carbocycles. The van der Waals surface area contributed by atoms with Gasteiger partial charge in [0, 0.05) is 20.0 Å². The van der Waals surface area contributed by atoms with E-state index in [-0.39, 0.29) is 6.04 Å². The van der Waals surface area contributed by atoms with Crippen molar-refractivity contribution in [2.24, 2.45) is 7.05 Å². The quantitative estimate of drug-likeness (QED) is 0.825. The van der Waals surface area contributed by atoms with Crippen LogP contribution >= 0.6 is 0 Å². The molecule has 2 rings (SSSR count). The molecule has 2 aromatic rings. The molecule has 86 valence electrons. The number of nitrogens with zero attached hydrogens (tertiary/aromatic N) is 3. The number of aromatic nitrogens is 3. The van der Waals surface area contributed by atoms with E-state index >= 15 is 0 Å². The zero-order valence-electron chi connectivity index (χ0n) is 9.55. The average molecular weight is 220 g/mol. The SMILES string of the molecule is CC(NCCc1ncn(C)n1)c1ccco1. The number of hydrogen-bond acceptors (Lipinski definition) is 4. The van der Waals surface area contributed by atoms with Crippen molar-refractivity contribution in [3.8, 4) is 0 Å². The second kappa shape index (κ2) is 4.94. The van der Waals surface area contributed by atoms with Crippen molar-refractivity contribution < 1.29 is 4.42 Å². The van der Waals surface area contributed by atoms with Crippen molar-refractivity contribution >= 4 is 0 Å². The molecular weight excluding hydrogens is 204 g/mol. The summed E-state index contributed by atoms with van der Waals surface area (Å²) in [5.74, 6) is 1.82. The summed E-state index contributed by atoms with van der Waals surface area (Å²) in [6.07, 6.45) is 4.23. The maximum absolute atomic E-state index is 5.30. The van der Waals surface area contributed by atoms with Crippen LogP contribution in [0.3, 0.4) is 0 Å². The molecule has 2 aromatic heterocycles. The Labute approximate surface area is 94.5 Å². The van der Waals surface area contributed by atoms with E-state index in [1.165, 1.54) is 0 Å². The molecule has 2 heterocycles. The molecule has 1 N–H and O–H groups in total. The molecule has 0 spiro atoms. The molecule has 0 radical (unpaired) electrons. The molecule has 0 saturated heterocycles. The van der Waals surface area contributed by atoms with Gasteiger partial charge in [-0.25, -0.2) is 4.98 Å². The number of nitrogens with one attached hydrogen (secondary N) is 1. The Morgan fingerprint density at radius 3 is 3.06 bits per heavy atom. The first kappa shape index (κ1) is 10.9. The largest absolute Gasteiger partial charge is 0.468 e. The third-order valence-electron chi connectivity index (χ3n) is 2.42. The number of hydrogen-bond donors (Lipinski definition) is 1. The highest BCUT2D eigenvalue weighted by Crippen LogP contribution is 2.11. The molecule has 0 aliphatic carbocycles. The van der Waals surface area contributed by atoms with Crippen LogP contribution in [0.5, 0.6) is 0 Å². The van der Waals surface area contributed by atoms with Gasteiger partial charge >= 0.3 is 0 Å². The molecule has 0 bridgehead atoms. The van der Waals surface area contributed by atoms with Gasteiger partial charge in [0.2, 0.25) is 0 Å². The first-order valence-corrected chi connectivity index (χ1v) is 5.37. The molecule has 0 aliphatic heterocycles. The van der Waals surface area contributed by atoms with Crippen LogP contribution in [-0.2, 0) is 13.5 Å². The lowest BCUT2D eigenvalue weighted by molar-refractivity contribution is 0.431. The first-order chi connectivity index (χ1) is 7.75. The van der Waals surface area contributed by atoms with Crippen molar-refractivity contribution in [1.82, 2.24) is 20.1 Å². The predicted octanol–water partition coefficient (Wildman–Crippen LogP) is 1.30. The van der Waals surface area contributed by atoms with Gasteiger partial charge in [-0.3, -0.25) is 4.68 Å². The number of furan rings is 1. The molecule has 0 amide bonds. The van der Waals surface area contributed by atoms with Gasteiger partial charge in [-0.05, 0) is 19.1 Å². The maximum Gasteiger partial charge on any atom is 0.151 e. The monoisotopic (exact) mass is 220 g/mol. The lowest BCUT2D eigenvalue weighted by Crippen LogP contribution is -2.21. The maximum atomic E-state index is 5.30. The minimum Gasteiger partial charge on any atom is -0.468 e. The van der Waals surface area contributed by atoms with Crippen LogP contribution in [0.2, 0.25) is 0 Å². The van der Waals surface area contributed by atoms with E-state index in [1.54, 1.807) is 17.3 Å². The Balaban J connectivity index is 1.76. The summed E-state index contributed by atoms with van der Waals surface area (Å²) in [5.41, 5.74) is 0. The molecular formula is C11H16N4O. The van der Waals surface area contributed by atoms with Crippen molar-refractivity contribution in [2.75, 3.05) is 6.54 Å². The van der Waals surface area contributed by atoms with Crippen molar-refractivity contribution in [1.29, 1.82) is 0 Å². The van der Waals surface area contributed by atoms with E-state index in [9.17, 15) is 0 Å². The zero-order valence-corrected chi connectivity index (χ0v) is 9.55. The lowest BCUT2D eigenvalue weighted by Gasteiger charge is -2.09. The minimum absolute atomic E-state index is 0.221. The van der Waals surface area contributed by atoms with Crippen molar-refractivity contribution in [2.45, 2.75) is 19.4 Å². The minimum atomic E-state index is 0.221. The molecule has 0 fully saturated rings. The average Bonchev–Trinajstić information content (AvgIpc) is 2.89. The highest BCUT2D eigenvalue weighted by Gasteiger charge is 2.07. The third-order valence-corrected chi connectivity index (χ3v) is 2.42. The Morgan fingerprint density at radius 1 is 1.56 bits per heavy atom. The summed E-state index contributed by atoms with van der Waals surface area (Å²) in [6, 6.07) is 4.09. The topological polar surface area (TPSA) is 55.9 Å². The molecule has 5 nitrogen and oxygen atoms in total. The van der Waals surface area contributed by atoms with Gasteiger partial charge in [0.25, 0.3) is 0 Å². The Bertz CT molecular complexity index is 421. The number of aryl methyl sites for hydroxylation is 1. The van der Waals surface area contributed by atoms with Gasteiger partial charge in [0.15, 0.2) is 5.82 Å². The van der Waals surface area contributed by atoms with Crippen LogP contribution in [0.4, 0.5) is 0 Å². The van der Waals surface area contributed by atoms with Crippen LogP contribution in [0.15, 0.2) is 29.1 Å². The highest BCUT2D eigenvalue weighted by molar-refractivity contribution is 5.02. The smallest absolute Gasteiger partial charge is 0.151 e. The van der Waals surface area contributed by atoms with Crippen LogP contribution in [0, 0.1) is 0 Å². The van der Waals surface area contributed by atoms with Gasteiger partial charge in [0.05, 0.1) is 12.3 Å². The van der Waals surface area contributed by atoms with Gasteiger partial charge in [-0.15, -0.1) is 0 Å². The highest BCUT2D eigenvalue weighted by atomic mass is 16.3. The van der Waals surface area contributed by atoms with E-state index in [2.05, 4.69) is 22.3 Å². The van der Waals surface area contributed by atoms with Gasteiger partial charge in [-0.2, -0.15) is 5.10 Å². The molecule has 5 heteroatoms. The Kier molecular flexibility index (Phi) is 3.36. The Morgan fingerprint density at radius 2 is 2.44 bits per heavy atom. The molecule has 16 heavy (non-hydrogen) atoms. The third kappa shape index (κ3) is 2.70. The van der Waals surface area contributed by atoms with Crippen LogP contribution in [0.25, 0.3) is 0 Å².